The molecule has 0 aromatic carbocycles. The van der Waals surface area contributed by atoms with Crippen molar-refractivity contribution in [1.29, 1.82) is 0 Å². The van der Waals surface area contributed by atoms with Crippen LogP contribution in [0.25, 0.3) is 0 Å². The zero-order valence-corrected chi connectivity index (χ0v) is 15.7. The van der Waals surface area contributed by atoms with Gasteiger partial charge in [0.25, 0.3) is 0 Å². The molecule has 2 aromatic heterocycles. The first-order valence-electron chi connectivity index (χ1n) is 7.21. The highest BCUT2D eigenvalue weighted by molar-refractivity contribution is 14.1. The predicted octanol–water partition coefficient (Wildman–Crippen LogP) is 5.32. The van der Waals surface area contributed by atoms with Crippen LogP contribution < -0.4 is 5.32 Å². The zero-order valence-electron chi connectivity index (χ0n) is 11.9. The van der Waals surface area contributed by atoms with Crippen molar-refractivity contribution in [1.82, 2.24) is 5.32 Å². The Hall–Kier alpha value is 0.0900. The van der Waals surface area contributed by atoms with Gasteiger partial charge in [0.1, 0.15) is 0 Å². The largest absolute Gasteiger partial charge is 0.307 e. The lowest BCUT2D eigenvalue weighted by atomic mass is 9.93. The van der Waals surface area contributed by atoms with E-state index in [1.165, 1.54) is 31.9 Å². The van der Waals surface area contributed by atoms with Crippen molar-refractivity contribution in [2.75, 3.05) is 0 Å². The molecular formula is C16H20INS2. The number of hydrogen-bond acceptors (Lipinski definition) is 3. The van der Waals surface area contributed by atoms with E-state index >= 15 is 0 Å². The third-order valence-electron chi connectivity index (χ3n) is 3.87. The van der Waals surface area contributed by atoms with E-state index in [4.69, 9.17) is 0 Å². The Balaban J connectivity index is 1.66. The predicted molar refractivity (Wildman–Crippen MR) is 98.1 cm³/mol. The smallest absolute Gasteiger partial charge is 0.0659 e. The van der Waals surface area contributed by atoms with Gasteiger partial charge in [-0.2, -0.15) is 0 Å². The van der Waals surface area contributed by atoms with Crippen molar-refractivity contribution in [2.24, 2.45) is 0 Å². The molecule has 1 aliphatic carbocycles. The maximum Gasteiger partial charge on any atom is 0.0659 e. The van der Waals surface area contributed by atoms with Crippen molar-refractivity contribution < 1.29 is 0 Å². The Labute approximate surface area is 142 Å². The van der Waals surface area contributed by atoms with Gasteiger partial charge < -0.3 is 5.32 Å². The van der Waals surface area contributed by atoms with Gasteiger partial charge in [0.2, 0.25) is 0 Å². The maximum absolute atomic E-state index is 3.86. The molecule has 0 radical (unpaired) electrons. The average molecular weight is 417 g/mol. The Morgan fingerprint density at radius 2 is 2.25 bits per heavy atom. The van der Waals surface area contributed by atoms with Gasteiger partial charge in [-0.05, 0) is 85.9 Å². The molecule has 3 rings (SSSR count). The van der Waals surface area contributed by atoms with Gasteiger partial charge in [0.05, 0.1) is 2.88 Å². The second-order valence-electron chi connectivity index (χ2n) is 5.66. The molecule has 20 heavy (non-hydrogen) atoms. The van der Waals surface area contributed by atoms with Crippen molar-refractivity contribution in [3.8, 4) is 0 Å². The molecule has 2 heterocycles. The van der Waals surface area contributed by atoms with E-state index in [0.717, 1.165) is 6.42 Å². The SMILES string of the molecule is Cc1ccc(CC(C)NC2CCCc3sc(I)cc32)s1. The van der Waals surface area contributed by atoms with Gasteiger partial charge in [0, 0.05) is 26.7 Å². The van der Waals surface area contributed by atoms with Gasteiger partial charge in [-0.25, -0.2) is 0 Å². The van der Waals surface area contributed by atoms with Gasteiger partial charge in [-0.15, -0.1) is 22.7 Å². The molecule has 0 saturated heterocycles. The first-order chi connectivity index (χ1) is 9.61. The van der Waals surface area contributed by atoms with E-state index in [0.29, 0.717) is 12.1 Å². The fourth-order valence-electron chi connectivity index (χ4n) is 2.99. The van der Waals surface area contributed by atoms with Crippen LogP contribution in [-0.2, 0) is 12.8 Å². The molecule has 2 atom stereocenters. The number of thiophene rings is 2. The van der Waals surface area contributed by atoms with Crippen LogP contribution in [-0.4, -0.2) is 6.04 Å². The summed E-state index contributed by atoms with van der Waals surface area (Å²) in [5.74, 6) is 0. The summed E-state index contributed by atoms with van der Waals surface area (Å²) < 4.78 is 1.43. The van der Waals surface area contributed by atoms with Crippen LogP contribution in [0.4, 0.5) is 0 Å². The third kappa shape index (κ3) is 3.46. The van der Waals surface area contributed by atoms with Crippen LogP contribution in [0.2, 0.25) is 0 Å². The molecule has 2 unspecified atom stereocenters. The number of rotatable bonds is 4. The average Bonchev–Trinajstić information content (AvgIpc) is 2.95. The summed E-state index contributed by atoms with van der Waals surface area (Å²) in [5.41, 5.74) is 1.57. The third-order valence-corrected chi connectivity index (χ3v) is 6.87. The molecule has 1 aliphatic rings. The minimum Gasteiger partial charge on any atom is -0.307 e. The van der Waals surface area contributed by atoms with Crippen molar-refractivity contribution in [2.45, 2.75) is 51.6 Å². The highest BCUT2D eigenvalue weighted by atomic mass is 127. The molecule has 108 valence electrons. The summed E-state index contributed by atoms with van der Waals surface area (Å²) in [5, 5.41) is 3.86. The van der Waals surface area contributed by atoms with Crippen LogP contribution in [0.15, 0.2) is 18.2 Å². The lowest BCUT2D eigenvalue weighted by molar-refractivity contribution is 0.410. The normalized spacial score (nSPS) is 19.9. The van der Waals surface area contributed by atoms with Crippen LogP contribution in [0, 0.1) is 9.81 Å². The van der Waals surface area contributed by atoms with Gasteiger partial charge in [-0.1, -0.05) is 0 Å². The molecule has 0 aliphatic heterocycles. The molecule has 0 fully saturated rings. The number of nitrogens with one attached hydrogen (secondary N) is 1. The highest BCUT2D eigenvalue weighted by Crippen LogP contribution is 2.36. The van der Waals surface area contributed by atoms with E-state index < -0.39 is 0 Å². The fraction of sp³-hybridized carbons (Fsp3) is 0.500. The van der Waals surface area contributed by atoms with E-state index in [1.54, 1.807) is 10.4 Å². The number of hydrogen-bond donors (Lipinski definition) is 1. The molecular weight excluding hydrogens is 397 g/mol. The van der Waals surface area contributed by atoms with Crippen LogP contribution in [0.5, 0.6) is 0 Å². The van der Waals surface area contributed by atoms with Crippen LogP contribution in [0.1, 0.15) is 46.0 Å². The highest BCUT2D eigenvalue weighted by Gasteiger charge is 2.23. The van der Waals surface area contributed by atoms with Gasteiger partial charge >= 0.3 is 0 Å². The Bertz CT molecular complexity index is 587. The fourth-order valence-corrected chi connectivity index (χ4v) is 6.13. The quantitative estimate of drug-likeness (QED) is 0.664. The summed E-state index contributed by atoms with van der Waals surface area (Å²) in [6.07, 6.45) is 5.03. The van der Waals surface area contributed by atoms with E-state index in [1.807, 2.05) is 22.7 Å². The molecule has 1 nitrogen and oxygen atoms in total. The van der Waals surface area contributed by atoms with Crippen LogP contribution in [0.3, 0.4) is 0 Å². The van der Waals surface area contributed by atoms with Crippen molar-refractivity contribution in [3.63, 3.8) is 0 Å². The van der Waals surface area contributed by atoms with E-state index in [2.05, 4.69) is 60.0 Å². The molecule has 4 heteroatoms. The topological polar surface area (TPSA) is 12.0 Å². The summed E-state index contributed by atoms with van der Waals surface area (Å²) in [6, 6.07) is 8.00. The van der Waals surface area contributed by atoms with E-state index in [-0.39, 0.29) is 0 Å². The maximum atomic E-state index is 3.86. The molecule has 0 amide bonds. The lowest BCUT2D eigenvalue weighted by Crippen LogP contribution is -2.33. The number of fused-ring (bicyclic) bond motifs is 1. The van der Waals surface area contributed by atoms with Gasteiger partial charge in [0.15, 0.2) is 0 Å². The molecule has 0 spiro atoms. The van der Waals surface area contributed by atoms with E-state index in [9.17, 15) is 0 Å². The monoisotopic (exact) mass is 417 g/mol. The summed E-state index contributed by atoms with van der Waals surface area (Å²) >= 11 is 6.36. The summed E-state index contributed by atoms with van der Waals surface area (Å²) in [6.45, 7) is 4.51. The molecule has 0 bridgehead atoms. The Kier molecular flexibility index (Phi) is 4.85. The minimum absolute atomic E-state index is 0.543. The summed E-state index contributed by atoms with van der Waals surface area (Å²) in [7, 11) is 0. The number of aryl methyl sites for hydroxylation is 2. The minimum atomic E-state index is 0.543. The van der Waals surface area contributed by atoms with Crippen molar-refractivity contribution >= 4 is 45.3 Å². The molecule has 0 saturated carbocycles. The lowest BCUT2D eigenvalue weighted by Gasteiger charge is -2.27. The van der Waals surface area contributed by atoms with Crippen molar-refractivity contribution in [3.05, 3.63) is 41.3 Å². The molecule has 2 aromatic rings. The number of halogens is 1. The Morgan fingerprint density at radius 1 is 1.40 bits per heavy atom. The standard InChI is InChI=1S/C16H20INS2/c1-10(8-12-7-6-11(2)19-12)18-14-4-3-5-15-13(14)9-16(17)20-15/h6-7,9-10,14,18H,3-5,8H2,1-2H3. The Morgan fingerprint density at radius 3 is 3.00 bits per heavy atom. The van der Waals surface area contributed by atoms with Crippen LogP contribution >= 0.6 is 45.3 Å². The molecule has 1 N–H and O–H groups in total. The second kappa shape index (κ2) is 6.46. The van der Waals surface area contributed by atoms with Gasteiger partial charge in [-0.3, -0.25) is 0 Å². The zero-order chi connectivity index (χ0) is 14.1. The summed E-state index contributed by atoms with van der Waals surface area (Å²) in [4.78, 5) is 4.52. The second-order valence-corrected chi connectivity index (χ2v) is 10.1. The first-order valence-corrected chi connectivity index (χ1v) is 9.92. The first kappa shape index (κ1) is 15.0.